The summed E-state index contributed by atoms with van der Waals surface area (Å²) >= 11 is 6.07. The maximum absolute atomic E-state index is 12.4. The number of imide groups is 1. The molecule has 0 aliphatic carbocycles. The van der Waals surface area contributed by atoms with Crippen molar-refractivity contribution in [3.05, 3.63) is 64.7 Å². The van der Waals surface area contributed by atoms with Gasteiger partial charge in [0.25, 0.3) is 11.8 Å². The summed E-state index contributed by atoms with van der Waals surface area (Å²) < 4.78 is 0. The normalized spacial score (nSPS) is 18.5. The summed E-state index contributed by atoms with van der Waals surface area (Å²) in [6.45, 7) is 3.70. The standard InChI is InChI=1S/C21H22ClN3O3/c22-15-4-3-5-16(12-15)24-10-8-23(9-11-24)13-17(26)14-25-20(27)18-6-1-2-7-19(18)21(25)28/h1-7,12,17,26H,8-11,13-14H2/t17-/m0/s1. The van der Waals surface area contributed by atoms with Crippen molar-refractivity contribution >= 4 is 29.1 Å². The van der Waals surface area contributed by atoms with Gasteiger partial charge in [-0.3, -0.25) is 19.4 Å². The van der Waals surface area contributed by atoms with Crippen LogP contribution in [0.15, 0.2) is 48.5 Å². The first-order valence-electron chi connectivity index (χ1n) is 9.39. The molecule has 1 N–H and O–H groups in total. The fourth-order valence-electron chi connectivity index (χ4n) is 3.83. The number of fused-ring (bicyclic) bond motifs is 1. The lowest BCUT2D eigenvalue weighted by atomic mass is 10.1. The van der Waals surface area contributed by atoms with Crippen LogP contribution in [0, 0.1) is 0 Å². The molecule has 1 atom stereocenters. The fourth-order valence-corrected chi connectivity index (χ4v) is 4.02. The Morgan fingerprint density at radius 3 is 2.14 bits per heavy atom. The molecule has 2 aromatic rings. The summed E-state index contributed by atoms with van der Waals surface area (Å²) in [6, 6.07) is 14.6. The van der Waals surface area contributed by atoms with Crippen molar-refractivity contribution < 1.29 is 14.7 Å². The van der Waals surface area contributed by atoms with E-state index in [2.05, 4.69) is 9.80 Å². The SMILES string of the molecule is O=C1c2ccccc2C(=O)N1C[C@@H](O)CN1CCN(c2cccc(Cl)c2)CC1. The number of carbonyl (C=O) groups is 2. The van der Waals surface area contributed by atoms with Gasteiger partial charge >= 0.3 is 0 Å². The third kappa shape index (κ3) is 3.76. The van der Waals surface area contributed by atoms with Gasteiger partial charge in [-0.2, -0.15) is 0 Å². The highest BCUT2D eigenvalue weighted by Crippen LogP contribution is 2.23. The Balaban J connectivity index is 1.30. The van der Waals surface area contributed by atoms with Crippen molar-refractivity contribution in [2.24, 2.45) is 0 Å². The van der Waals surface area contributed by atoms with Gasteiger partial charge in [-0.15, -0.1) is 0 Å². The lowest BCUT2D eigenvalue weighted by Crippen LogP contribution is -2.50. The van der Waals surface area contributed by atoms with Crippen LogP contribution in [0.2, 0.25) is 5.02 Å². The number of nitrogens with zero attached hydrogens (tertiary/aromatic N) is 3. The number of piperazine rings is 1. The van der Waals surface area contributed by atoms with Crippen LogP contribution in [0.1, 0.15) is 20.7 Å². The average Bonchev–Trinajstić information content (AvgIpc) is 2.94. The first kappa shape index (κ1) is 18.9. The number of halogens is 1. The molecule has 0 unspecified atom stereocenters. The van der Waals surface area contributed by atoms with Gasteiger partial charge < -0.3 is 10.0 Å². The van der Waals surface area contributed by atoms with Crippen LogP contribution in [0.25, 0.3) is 0 Å². The molecule has 1 saturated heterocycles. The average molecular weight is 400 g/mol. The second kappa shape index (κ2) is 7.91. The number of aliphatic hydroxyl groups excluding tert-OH is 1. The minimum Gasteiger partial charge on any atom is -0.390 e. The van der Waals surface area contributed by atoms with Crippen LogP contribution in [-0.4, -0.2) is 72.1 Å². The van der Waals surface area contributed by atoms with Gasteiger partial charge in [0.1, 0.15) is 0 Å². The molecule has 2 aliphatic rings. The van der Waals surface area contributed by atoms with Crippen molar-refractivity contribution in [3.63, 3.8) is 0 Å². The summed E-state index contributed by atoms with van der Waals surface area (Å²) in [5.41, 5.74) is 1.92. The molecule has 0 bridgehead atoms. The largest absolute Gasteiger partial charge is 0.390 e. The molecule has 28 heavy (non-hydrogen) atoms. The van der Waals surface area contributed by atoms with E-state index in [0.29, 0.717) is 17.7 Å². The molecular weight excluding hydrogens is 378 g/mol. The molecule has 0 aromatic heterocycles. The lowest BCUT2D eigenvalue weighted by Gasteiger charge is -2.37. The minimum absolute atomic E-state index is 0.0147. The zero-order valence-electron chi connectivity index (χ0n) is 15.4. The topological polar surface area (TPSA) is 64.1 Å². The summed E-state index contributed by atoms with van der Waals surface area (Å²) in [4.78, 5) is 30.4. The lowest BCUT2D eigenvalue weighted by molar-refractivity contribution is 0.0469. The van der Waals surface area contributed by atoms with Crippen LogP contribution in [0.3, 0.4) is 0 Å². The van der Waals surface area contributed by atoms with Gasteiger partial charge in [0, 0.05) is 43.4 Å². The number of hydrogen-bond donors (Lipinski definition) is 1. The van der Waals surface area contributed by atoms with E-state index in [4.69, 9.17) is 11.6 Å². The van der Waals surface area contributed by atoms with E-state index in [1.54, 1.807) is 24.3 Å². The summed E-state index contributed by atoms with van der Waals surface area (Å²) in [5.74, 6) is -0.657. The van der Waals surface area contributed by atoms with Crippen molar-refractivity contribution in [3.8, 4) is 0 Å². The van der Waals surface area contributed by atoms with Crippen molar-refractivity contribution in [2.75, 3.05) is 44.2 Å². The van der Waals surface area contributed by atoms with Crippen LogP contribution in [-0.2, 0) is 0 Å². The highest BCUT2D eigenvalue weighted by atomic mass is 35.5. The molecule has 2 amide bonds. The molecule has 146 valence electrons. The van der Waals surface area contributed by atoms with E-state index in [9.17, 15) is 14.7 Å². The maximum Gasteiger partial charge on any atom is 0.261 e. The number of aliphatic hydroxyl groups is 1. The molecule has 7 heteroatoms. The molecule has 0 radical (unpaired) electrons. The molecule has 2 aliphatic heterocycles. The minimum atomic E-state index is -0.778. The summed E-state index contributed by atoms with van der Waals surface area (Å²) in [7, 11) is 0. The van der Waals surface area contributed by atoms with Gasteiger partial charge in [-0.05, 0) is 30.3 Å². The Labute approximate surface area is 168 Å². The molecular formula is C21H22ClN3O3. The zero-order chi connectivity index (χ0) is 19.7. The smallest absolute Gasteiger partial charge is 0.261 e. The Hall–Kier alpha value is -2.41. The number of β-amino-alcohol motifs (C(OH)–C–C–N with tert-alkyl or cyclic N) is 1. The number of carbonyl (C=O) groups excluding carboxylic acids is 2. The third-order valence-corrected chi connectivity index (χ3v) is 5.52. The fraction of sp³-hybridized carbons (Fsp3) is 0.333. The molecule has 4 rings (SSSR count). The monoisotopic (exact) mass is 399 g/mol. The first-order valence-corrected chi connectivity index (χ1v) is 9.77. The molecule has 6 nitrogen and oxygen atoms in total. The number of anilines is 1. The Kier molecular flexibility index (Phi) is 5.35. The van der Waals surface area contributed by atoms with Crippen molar-refractivity contribution in [2.45, 2.75) is 6.10 Å². The predicted octanol–water partition coefficient (Wildman–Crippen LogP) is 2.12. The van der Waals surface area contributed by atoms with Crippen LogP contribution < -0.4 is 4.90 Å². The van der Waals surface area contributed by atoms with Gasteiger partial charge in [-0.1, -0.05) is 29.8 Å². The van der Waals surface area contributed by atoms with E-state index in [1.807, 2.05) is 24.3 Å². The molecule has 0 spiro atoms. The van der Waals surface area contributed by atoms with Crippen molar-refractivity contribution in [1.29, 1.82) is 0 Å². The highest BCUT2D eigenvalue weighted by Gasteiger charge is 2.36. The summed E-state index contributed by atoms with van der Waals surface area (Å²) in [5, 5.41) is 11.2. The quantitative estimate of drug-likeness (QED) is 0.780. The van der Waals surface area contributed by atoms with Crippen LogP contribution >= 0.6 is 11.6 Å². The Morgan fingerprint density at radius 2 is 1.54 bits per heavy atom. The van der Waals surface area contributed by atoms with Gasteiger partial charge in [0.2, 0.25) is 0 Å². The van der Waals surface area contributed by atoms with E-state index in [1.165, 1.54) is 0 Å². The first-order chi connectivity index (χ1) is 13.5. The molecule has 2 heterocycles. The third-order valence-electron chi connectivity index (χ3n) is 5.29. The van der Waals surface area contributed by atoms with Gasteiger partial charge in [0.15, 0.2) is 0 Å². The van der Waals surface area contributed by atoms with E-state index >= 15 is 0 Å². The number of rotatable bonds is 5. The van der Waals surface area contributed by atoms with E-state index in [0.717, 1.165) is 41.8 Å². The zero-order valence-corrected chi connectivity index (χ0v) is 16.2. The predicted molar refractivity (Wildman–Crippen MR) is 108 cm³/mol. The number of benzene rings is 2. The molecule has 0 saturated carbocycles. The van der Waals surface area contributed by atoms with E-state index < -0.39 is 6.10 Å². The van der Waals surface area contributed by atoms with Gasteiger partial charge in [-0.25, -0.2) is 0 Å². The van der Waals surface area contributed by atoms with Crippen molar-refractivity contribution in [1.82, 2.24) is 9.80 Å². The van der Waals surface area contributed by atoms with Crippen LogP contribution in [0.4, 0.5) is 5.69 Å². The Morgan fingerprint density at radius 1 is 0.893 bits per heavy atom. The Bertz CT molecular complexity index is 861. The highest BCUT2D eigenvalue weighted by molar-refractivity contribution is 6.30. The van der Waals surface area contributed by atoms with E-state index in [-0.39, 0.29) is 18.4 Å². The second-order valence-corrected chi connectivity index (χ2v) is 7.62. The van der Waals surface area contributed by atoms with Gasteiger partial charge in [0.05, 0.1) is 23.8 Å². The maximum atomic E-state index is 12.4. The summed E-state index contributed by atoms with van der Waals surface area (Å²) in [6.07, 6.45) is -0.778. The molecule has 1 fully saturated rings. The number of hydrogen-bond acceptors (Lipinski definition) is 5. The molecule has 2 aromatic carbocycles. The second-order valence-electron chi connectivity index (χ2n) is 7.19. The van der Waals surface area contributed by atoms with Crippen LogP contribution in [0.5, 0.6) is 0 Å². The number of amides is 2.